The molecule has 1 unspecified atom stereocenters. The monoisotopic (exact) mass is 319 g/mol. The quantitative estimate of drug-likeness (QED) is 0.870. The molecule has 0 bridgehead atoms. The molecule has 1 saturated carbocycles. The van der Waals surface area contributed by atoms with E-state index in [9.17, 15) is 4.79 Å². The number of amides is 1. The Morgan fingerprint density at radius 1 is 1.35 bits per heavy atom. The molecule has 1 aliphatic heterocycles. The highest BCUT2D eigenvalue weighted by atomic mass is 16.1. The molecule has 0 spiro atoms. The summed E-state index contributed by atoms with van der Waals surface area (Å²) in [6.07, 6.45) is 9.19. The molecule has 6 nitrogen and oxygen atoms in total. The minimum atomic E-state index is 0.00228. The summed E-state index contributed by atoms with van der Waals surface area (Å²) in [5, 5.41) is 7.71. The Morgan fingerprint density at radius 2 is 2.13 bits per heavy atom. The number of nitrogens with one attached hydrogen (secondary N) is 1. The number of nitrogens with zero attached hydrogens (tertiary/aromatic N) is 3. The zero-order valence-corrected chi connectivity index (χ0v) is 14.2. The number of hydrogen-bond acceptors (Lipinski definition) is 4. The van der Waals surface area contributed by atoms with E-state index in [0.29, 0.717) is 13.0 Å². The first kappa shape index (κ1) is 16.4. The molecule has 0 saturated heterocycles. The maximum Gasteiger partial charge on any atom is 0.221 e. The number of carbonyl (C=O) groups is 1. The van der Waals surface area contributed by atoms with E-state index in [1.165, 1.54) is 19.3 Å². The Hall–Kier alpha value is -1.43. The summed E-state index contributed by atoms with van der Waals surface area (Å²) in [4.78, 5) is 17.2. The fourth-order valence-electron chi connectivity index (χ4n) is 4.03. The first-order valence-electron chi connectivity index (χ1n) is 9.09. The third kappa shape index (κ3) is 3.57. The highest BCUT2D eigenvalue weighted by Crippen LogP contribution is 2.38. The van der Waals surface area contributed by atoms with E-state index in [2.05, 4.69) is 22.3 Å². The van der Waals surface area contributed by atoms with Gasteiger partial charge in [0.1, 0.15) is 5.82 Å². The Kier molecular flexibility index (Phi) is 4.99. The highest BCUT2D eigenvalue weighted by Gasteiger charge is 2.34. The lowest BCUT2D eigenvalue weighted by molar-refractivity contribution is -0.124. The summed E-state index contributed by atoms with van der Waals surface area (Å²) >= 11 is 0. The zero-order valence-electron chi connectivity index (χ0n) is 14.2. The van der Waals surface area contributed by atoms with Gasteiger partial charge in [0.2, 0.25) is 5.91 Å². The Labute approximate surface area is 138 Å². The lowest BCUT2D eigenvalue weighted by Gasteiger charge is -2.36. The fraction of sp³-hybridized carbons (Fsp3) is 0.824. The molecule has 1 amide bonds. The van der Waals surface area contributed by atoms with Crippen molar-refractivity contribution in [3.05, 3.63) is 11.6 Å². The van der Waals surface area contributed by atoms with Crippen LogP contribution in [0.15, 0.2) is 0 Å². The van der Waals surface area contributed by atoms with Gasteiger partial charge in [-0.15, -0.1) is 0 Å². The van der Waals surface area contributed by atoms with Crippen LogP contribution >= 0.6 is 0 Å². The fourth-order valence-corrected chi connectivity index (χ4v) is 4.03. The molecule has 2 heterocycles. The maximum absolute atomic E-state index is 12.6. The Morgan fingerprint density at radius 3 is 2.83 bits per heavy atom. The number of carbonyl (C=O) groups excluding carboxylic acids is 1. The van der Waals surface area contributed by atoms with E-state index < -0.39 is 0 Å². The molecule has 1 aromatic heterocycles. The number of aryl methyl sites for hydroxylation is 2. The van der Waals surface area contributed by atoms with Crippen molar-refractivity contribution in [2.75, 3.05) is 6.54 Å². The Balaban J connectivity index is 1.65. The summed E-state index contributed by atoms with van der Waals surface area (Å²) in [6.45, 7) is 3.58. The van der Waals surface area contributed by atoms with Crippen molar-refractivity contribution < 1.29 is 4.79 Å². The lowest BCUT2D eigenvalue weighted by atomic mass is 9.71. The van der Waals surface area contributed by atoms with Crippen molar-refractivity contribution in [1.29, 1.82) is 0 Å². The minimum Gasteiger partial charge on any atom is -0.346 e. The highest BCUT2D eigenvalue weighted by molar-refractivity contribution is 5.77. The second-order valence-electron chi connectivity index (χ2n) is 7.17. The molecule has 1 aromatic rings. The van der Waals surface area contributed by atoms with Crippen molar-refractivity contribution in [1.82, 2.24) is 20.1 Å². The molecule has 0 radical (unpaired) electrons. The number of nitrogens with two attached hydrogens (primary N) is 1. The minimum absolute atomic E-state index is 0.00228. The standard InChI is InChI=1S/C17H29N5O/c1-2-14-20-16-13(7-6-10-22(16)21-14)19-15(23)11-17(12-18)8-4-3-5-9-17/h13H,2-12,18H2,1H3,(H,19,23). The molecule has 1 aliphatic carbocycles. The molecule has 23 heavy (non-hydrogen) atoms. The summed E-state index contributed by atoms with van der Waals surface area (Å²) in [6, 6.07) is 0.00228. The van der Waals surface area contributed by atoms with Gasteiger partial charge in [-0.25, -0.2) is 9.67 Å². The van der Waals surface area contributed by atoms with Crippen LogP contribution in [0.3, 0.4) is 0 Å². The lowest BCUT2D eigenvalue weighted by Crippen LogP contribution is -2.40. The summed E-state index contributed by atoms with van der Waals surface area (Å²) in [7, 11) is 0. The second-order valence-corrected chi connectivity index (χ2v) is 7.17. The third-order valence-corrected chi connectivity index (χ3v) is 5.45. The number of fused-ring (bicyclic) bond motifs is 1. The largest absolute Gasteiger partial charge is 0.346 e. The second kappa shape index (κ2) is 6.99. The van der Waals surface area contributed by atoms with Gasteiger partial charge in [0.15, 0.2) is 5.82 Å². The van der Waals surface area contributed by atoms with E-state index in [4.69, 9.17) is 5.73 Å². The van der Waals surface area contributed by atoms with E-state index in [-0.39, 0.29) is 17.4 Å². The first-order valence-corrected chi connectivity index (χ1v) is 9.09. The number of hydrogen-bond donors (Lipinski definition) is 2. The molecule has 1 atom stereocenters. The summed E-state index contributed by atoms with van der Waals surface area (Å²) in [5.41, 5.74) is 6.02. The predicted molar refractivity (Wildman–Crippen MR) is 88.7 cm³/mol. The number of aromatic nitrogens is 3. The molecule has 6 heteroatoms. The molecule has 2 aliphatic rings. The average molecular weight is 319 g/mol. The van der Waals surface area contributed by atoms with Gasteiger partial charge in [-0.1, -0.05) is 26.2 Å². The molecule has 3 N–H and O–H groups in total. The van der Waals surface area contributed by atoms with Crippen molar-refractivity contribution >= 4 is 5.91 Å². The van der Waals surface area contributed by atoms with Gasteiger partial charge in [0.25, 0.3) is 0 Å². The van der Waals surface area contributed by atoms with Gasteiger partial charge in [0, 0.05) is 19.4 Å². The van der Waals surface area contributed by atoms with E-state index in [1.54, 1.807) is 0 Å². The van der Waals surface area contributed by atoms with E-state index >= 15 is 0 Å². The molecule has 1 fully saturated rings. The molecular formula is C17H29N5O. The van der Waals surface area contributed by atoms with Crippen LogP contribution in [0.25, 0.3) is 0 Å². The van der Waals surface area contributed by atoms with Crippen LogP contribution in [-0.4, -0.2) is 27.2 Å². The molecule has 3 rings (SSSR count). The van der Waals surface area contributed by atoms with E-state index in [1.807, 2.05) is 4.68 Å². The SMILES string of the molecule is CCc1nc2n(n1)CCCC2NC(=O)CC1(CN)CCCCC1. The smallest absolute Gasteiger partial charge is 0.221 e. The van der Waals surface area contributed by atoms with Crippen molar-refractivity contribution in [3.63, 3.8) is 0 Å². The molecule has 0 aromatic carbocycles. The van der Waals surface area contributed by atoms with Crippen molar-refractivity contribution in [3.8, 4) is 0 Å². The zero-order chi connectivity index (χ0) is 16.3. The molecular weight excluding hydrogens is 290 g/mol. The maximum atomic E-state index is 12.6. The van der Waals surface area contributed by atoms with E-state index in [0.717, 1.165) is 50.3 Å². The first-order chi connectivity index (χ1) is 11.2. The normalized spacial score (nSPS) is 23.3. The van der Waals surface area contributed by atoms with Crippen LogP contribution in [0.1, 0.15) is 76.0 Å². The Bertz CT molecular complexity index is 547. The summed E-state index contributed by atoms with van der Waals surface area (Å²) < 4.78 is 1.96. The van der Waals surface area contributed by atoms with Gasteiger partial charge < -0.3 is 11.1 Å². The van der Waals surface area contributed by atoms with Gasteiger partial charge in [-0.05, 0) is 37.6 Å². The van der Waals surface area contributed by atoms with Crippen molar-refractivity contribution in [2.45, 2.75) is 77.3 Å². The molecule has 128 valence electrons. The van der Waals surface area contributed by atoms with Gasteiger partial charge in [-0.2, -0.15) is 5.10 Å². The average Bonchev–Trinajstić information content (AvgIpc) is 3.00. The van der Waals surface area contributed by atoms with Crippen LogP contribution in [0, 0.1) is 5.41 Å². The third-order valence-electron chi connectivity index (χ3n) is 5.45. The van der Waals surface area contributed by atoms with Crippen molar-refractivity contribution in [2.24, 2.45) is 11.1 Å². The summed E-state index contributed by atoms with van der Waals surface area (Å²) in [5.74, 6) is 1.91. The van der Waals surface area contributed by atoms with Gasteiger partial charge in [-0.3, -0.25) is 4.79 Å². The van der Waals surface area contributed by atoms with Crippen LogP contribution in [0.5, 0.6) is 0 Å². The van der Waals surface area contributed by atoms with Crippen LogP contribution in [0.4, 0.5) is 0 Å². The van der Waals surface area contributed by atoms with Gasteiger partial charge in [0.05, 0.1) is 6.04 Å². The van der Waals surface area contributed by atoms with Gasteiger partial charge >= 0.3 is 0 Å². The predicted octanol–water partition coefficient (Wildman–Crippen LogP) is 2.09. The van der Waals surface area contributed by atoms with Crippen LogP contribution in [-0.2, 0) is 17.8 Å². The van der Waals surface area contributed by atoms with Crippen LogP contribution in [0.2, 0.25) is 0 Å². The van der Waals surface area contributed by atoms with Crippen LogP contribution < -0.4 is 11.1 Å². The topological polar surface area (TPSA) is 85.8 Å². The number of rotatable bonds is 5.